The van der Waals surface area contributed by atoms with E-state index in [2.05, 4.69) is 32.7 Å². The summed E-state index contributed by atoms with van der Waals surface area (Å²) in [4.78, 5) is 12.2. The summed E-state index contributed by atoms with van der Waals surface area (Å²) in [6.45, 7) is 12.1. The first-order valence-electron chi connectivity index (χ1n) is 6.95. The Kier molecular flexibility index (Phi) is 3.81. The normalized spacial score (nSPS) is 11.6. The lowest BCUT2D eigenvalue weighted by Crippen LogP contribution is -2.35. The Bertz CT molecular complexity index is 752. The molecule has 1 aromatic carbocycles. The summed E-state index contributed by atoms with van der Waals surface area (Å²) in [7, 11) is 0. The van der Waals surface area contributed by atoms with Crippen molar-refractivity contribution in [2.75, 3.05) is 5.73 Å². The molecule has 112 valence electrons. The Morgan fingerprint density at radius 3 is 2.67 bits per heavy atom. The highest BCUT2D eigenvalue weighted by Crippen LogP contribution is 2.22. The number of nitrogens with two attached hydrogens (primary N) is 1. The monoisotopic (exact) mass is 286 g/mol. The zero-order chi connectivity index (χ0) is 15.8. The molecule has 0 aliphatic carbocycles. The van der Waals surface area contributed by atoms with Gasteiger partial charge in [0.2, 0.25) is 0 Å². The standard InChI is InChI=1S/C17H22N2O2/c1-10(19-17(3,4)5)8-14-11(2)13-7-6-12(18)9-15(13)21-16(14)20/h6-7,9,19H,1,8,18H2,2-5H3. The molecular formula is C17H22N2O2. The zero-order valence-electron chi connectivity index (χ0n) is 13.0. The van der Waals surface area contributed by atoms with Gasteiger partial charge in [0.05, 0.1) is 0 Å². The number of hydrogen-bond acceptors (Lipinski definition) is 4. The number of aryl methyl sites for hydroxylation is 1. The van der Waals surface area contributed by atoms with Crippen LogP contribution in [0, 0.1) is 6.92 Å². The van der Waals surface area contributed by atoms with E-state index >= 15 is 0 Å². The van der Waals surface area contributed by atoms with Crippen LogP contribution >= 0.6 is 0 Å². The highest BCUT2D eigenvalue weighted by molar-refractivity contribution is 5.83. The van der Waals surface area contributed by atoms with Crippen LogP contribution in [0.15, 0.2) is 39.7 Å². The largest absolute Gasteiger partial charge is 0.422 e. The van der Waals surface area contributed by atoms with Crippen molar-refractivity contribution in [3.63, 3.8) is 0 Å². The van der Waals surface area contributed by atoms with Gasteiger partial charge in [-0.05, 0) is 45.4 Å². The van der Waals surface area contributed by atoms with Gasteiger partial charge in [0, 0.05) is 40.4 Å². The number of rotatable bonds is 3. The summed E-state index contributed by atoms with van der Waals surface area (Å²) < 4.78 is 5.38. The van der Waals surface area contributed by atoms with Gasteiger partial charge in [-0.15, -0.1) is 0 Å². The van der Waals surface area contributed by atoms with Crippen molar-refractivity contribution in [2.45, 2.75) is 39.7 Å². The van der Waals surface area contributed by atoms with Gasteiger partial charge in [-0.25, -0.2) is 4.79 Å². The second-order valence-electron chi connectivity index (χ2n) is 6.40. The van der Waals surface area contributed by atoms with Crippen LogP contribution in [0.5, 0.6) is 0 Å². The molecule has 0 radical (unpaired) electrons. The molecule has 0 fully saturated rings. The molecule has 0 aliphatic heterocycles. The highest BCUT2D eigenvalue weighted by atomic mass is 16.4. The molecular weight excluding hydrogens is 264 g/mol. The van der Waals surface area contributed by atoms with E-state index in [4.69, 9.17) is 10.2 Å². The number of nitrogen functional groups attached to an aromatic ring is 1. The summed E-state index contributed by atoms with van der Waals surface area (Å²) in [5, 5.41) is 4.19. The summed E-state index contributed by atoms with van der Waals surface area (Å²) in [6.07, 6.45) is 0.450. The van der Waals surface area contributed by atoms with E-state index in [9.17, 15) is 4.79 Å². The van der Waals surface area contributed by atoms with Crippen LogP contribution in [0.25, 0.3) is 11.0 Å². The van der Waals surface area contributed by atoms with Gasteiger partial charge >= 0.3 is 5.63 Å². The van der Waals surface area contributed by atoms with Crippen LogP contribution < -0.4 is 16.7 Å². The molecule has 4 nitrogen and oxygen atoms in total. The van der Waals surface area contributed by atoms with E-state index in [-0.39, 0.29) is 11.2 Å². The number of hydrogen-bond donors (Lipinski definition) is 2. The minimum atomic E-state index is -0.331. The van der Waals surface area contributed by atoms with E-state index in [1.54, 1.807) is 12.1 Å². The molecule has 0 unspecified atom stereocenters. The van der Waals surface area contributed by atoms with Crippen LogP contribution in [0.2, 0.25) is 0 Å². The maximum atomic E-state index is 12.2. The van der Waals surface area contributed by atoms with Crippen LogP contribution in [0.4, 0.5) is 5.69 Å². The number of anilines is 1. The van der Waals surface area contributed by atoms with Crippen LogP contribution in [0.1, 0.15) is 31.9 Å². The Hall–Kier alpha value is -2.23. The van der Waals surface area contributed by atoms with Gasteiger partial charge in [-0.1, -0.05) is 6.58 Å². The summed E-state index contributed by atoms with van der Waals surface area (Å²) in [5.41, 5.74) is 8.76. The summed E-state index contributed by atoms with van der Waals surface area (Å²) in [6, 6.07) is 5.36. The Morgan fingerprint density at radius 1 is 1.38 bits per heavy atom. The molecule has 3 N–H and O–H groups in total. The quantitative estimate of drug-likeness (QED) is 0.672. The average molecular weight is 286 g/mol. The molecule has 2 aromatic rings. The maximum absolute atomic E-state index is 12.2. The van der Waals surface area contributed by atoms with Crippen molar-refractivity contribution in [3.8, 4) is 0 Å². The zero-order valence-corrected chi connectivity index (χ0v) is 13.0. The van der Waals surface area contributed by atoms with Crippen molar-refractivity contribution in [2.24, 2.45) is 0 Å². The predicted octanol–water partition coefficient (Wildman–Crippen LogP) is 3.13. The second kappa shape index (κ2) is 5.28. The van der Waals surface area contributed by atoms with Crippen LogP contribution in [0.3, 0.4) is 0 Å². The van der Waals surface area contributed by atoms with Crippen LogP contribution in [-0.4, -0.2) is 5.54 Å². The van der Waals surface area contributed by atoms with E-state index < -0.39 is 0 Å². The van der Waals surface area contributed by atoms with E-state index in [1.807, 2.05) is 13.0 Å². The van der Waals surface area contributed by atoms with Gasteiger partial charge in [0.15, 0.2) is 0 Å². The third kappa shape index (κ3) is 3.45. The van der Waals surface area contributed by atoms with Gasteiger partial charge in [0.1, 0.15) is 5.58 Å². The van der Waals surface area contributed by atoms with E-state index in [1.165, 1.54) is 0 Å². The van der Waals surface area contributed by atoms with Gasteiger partial charge in [-0.3, -0.25) is 0 Å². The average Bonchev–Trinajstić information content (AvgIpc) is 2.31. The van der Waals surface area contributed by atoms with E-state index in [0.717, 1.165) is 16.6 Å². The fourth-order valence-electron chi connectivity index (χ4n) is 2.40. The lowest BCUT2D eigenvalue weighted by Gasteiger charge is -2.24. The minimum absolute atomic E-state index is 0.0868. The highest BCUT2D eigenvalue weighted by Gasteiger charge is 2.15. The summed E-state index contributed by atoms with van der Waals surface area (Å²) >= 11 is 0. The fraction of sp³-hybridized carbons (Fsp3) is 0.353. The SMILES string of the molecule is C=C(Cc1c(C)c2ccc(N)cc2oc1=O)NC(C)(C)C. The van der Waals surface area contributed by atoms with Gasteiger partial charge < -0.3 is 15.5 Å². The molecule has 2 rings (SSSR count). The Morgan fingerprint density at radius 2 is 2.05 bits per heavy atom. The molecule has 1 aromatic heterocycles. The van der Waals surface area contributed by atoms with Crippen molar-refractivity contribution in [1.29, 1.82) is 0 Å². The third-order valence-electron chi connectivity index (χ3n) is 3.25. The predicted molar refractivity (Wildman–Crippen MR) is 87.4 cm³/mol. The molecule has 21 heavy (non-hydrogen) atoms. The summed E-state index contributed by atoms with van der Waals surface area (Å²) in [5.74, 6) is 0. The molecule has 0 aliphatic rings. The Balaban J connectivity index is 2.43. The van der Waals surface area contributed by atoms with Crippen molar-refractivity contribution >= 4 is 16.7 Å². The topological polar surface area (TPSA) is 68.3 Å². The number of fused-ring (bicyclic) bond motifs is 1. The Labute approximate surface area is 124 Å². The number of allylic oxidation sites excluding steroid dienone is 1. The molecule has 0 bridgehead atoms. The van der Waals surface area contributed by atoms with Crippen molar-refractivity contribution < 1.29 is 4.42 Å². The lowest BCUT2D eigenvalue weighted by molar-refractivity contribution is 0.466. The van der Waals surface area contributed by atoms with Crippen molar-refractivity contribution in [3.05, 3.63) is 52.0 Å². The molecule has 1 heterocycles. The number of nitrogens with one attached hydrogen (secondary N) is 1. The first-order chi connectivity index (χ1) is 9.67. The van der Waals surface area contributed by atoms with Gasteiger partial charge in [0.25, 0.3) is 0 Å². The molecule has 0 saturated heterocycles. The van der Waals surface area contributed by atoms with E-state index in [0.29, 0.717) is 23.3 Å². The van der Waals surface area contributed by atoms with Crippen LogP contribution in [-0.2, 0) is 6.42 Å². The molecule has 0 amide bonds. The smallest absolute Gasteiger partial charge is 0.340 e. The van der Waals surface area contributed by atoms with Gasteiger partial charge in [-0.2, -0.15) is 0 Å². The number of benzene rings is 1. The molecule has 0 spiro atoms. The van der Waals surface area contributed by atoms with Crippen molar-refractivity contribution in [1.82, 2.24) is 5.32 Å². The maximum Gasteiger partial charge on any atom is 0.340 e. The molecule has 0 atom stereocenters. The lowest BCUT2D eigenvalue weighted by atomic mass is 10.0. The molecule has 4 heteroatoms. The third-order valence-corrected chi connectivity index (χ3v) is 3.25. The fourth-order valence-corrected chi connectivity index (χ4v) is 2.40. The second-order valence-corrected chi connectivity index (χ2v) is 6.40. The first kappa shape index (κ1) is 15.2. The first-order valence-corrected chi connectivity index (χ1v) is 6.95. The minimum Gasteiger partial charge on any atom is -0.422 e. The molecule has 0 saturated carbocycles.